The first-order chi connectivity index (χ1) is 10.3. The lowest BCUT2D eigenvalue weighted by atomic mass is 10.2. The van der Waals surface area contributed by atoms with Gasteiger partial charge in [0.25, 0.3) is 10.0 Å². The van der Waals surface area contributed by atoms with E-state index in [0.717, 1.165) is 20.8 Å². The highest BCUT2D eigenvalue weighted by Crippen LogP contribution is 2.23. The van der Waals surface area contributed by atoms with E-state index in [9.17, 15) is 8.42 Å². The number of nitrogens with zero attached hydrogens (tertiary/aromatic N) is 3. The number of sulfonamides is 1. The molecule has 2 heterocycles. The van der Waals surface area contributed by atoms with E-state index in [1.165, 1.54) is 17.5 Å². The van der Waals surface area contributed by atoms with Crippen LogP contribution in [0, 0.1) is 13.8 Å². The Labute approximate surface area is 132 Å². The van der Waals surface area contributed by atoms with Gasteiger partial charge in [-0.2, -0.15) is 0 Å². The highest BCUT2D eigenvalue weighted by atomic mass is 32.2. The molecule has 0 aliphatic rings. The van der Waals surface area contributed by atoms with Crippen molar-refractivity contribution in [1.82, 2.24) is 19.3 Å². The van der Waals surface area contributed by atoms with Crippen LogP contribution in [0.5, 0.6) is 0 Å². The molecule has 116 valence electrons. The molecule has 0 radical (unpaired) electrons. The van der Waals surface area contributed by atoms with Crippen molar-refractivity contribution in [3.63, 3.8) is 0 Å². The van der Waals surface area contributed by atoms with Gasteiger partial charge in [0.15, 0.2) is 5.03 Å². The van der Waals surface area contributed by atoms with Crippen LogP contribution in [0.15, 0.2) is 29.4 Å². The van der Waals surface area contributed by atoms with Gasteiger partial charge in [0.1, 0.15) is 10.8 Å². The van der Waals surface area contributed by atoms with Crippen LogP contribution < -0.4 is 4.72 Å². The summed E-state index contributed by atoms with van der Waals surface area (Å²) in [5, 5.41) is 0.765. The van der Waals surface area contributed by atoms with E-state index in [-0.39, 0.29) is 11.6 Å². The standard InChI is InChI=1S/C14H16N4O2S2/c1-9-4-5-12-11(6-9)17-13(21-12)7-15-22(19,20)14-8-18(3)10(2)16-14/h4-6,8,15H,7H2,1-3H3. The van der Waals surface area contributed by atoms with Crippen LogP contribution in [0.1, 0.15) is 16.4 Å². The molecule has 6 nitrogen and oxygen atoms in total. The van der Waals surface area contributed by atoms with E-state index in [2.05, 4.69) is 14.7 Å². The third kappa shape index (κ3) is 2.90. The maximum atomic E-state index is 12.2. The van der Waals surface area contributed by atoms with Gasteiger partial charge in [-0.1, -0.05) is 6.07 Å². The Hall–Kier alpha value is -1.77. The normalized spacial score (nSPS) is 12.1. The second-order valence-corrected chi connectivity index (χ2v) is 7.97. The molecule has 2 aromatic heterocycles. The minimum absolute atomic E-state index is 0.0319. The molecule has 1 N–H and O–H groups in total. The zero-order valence-electron chi connectivity index (χ0n) is 12.5. The fourth-order valence-corrected chi connectivity index (χ4v) is 4.05. The Kier molecular flexibility index (Phi) is 3.75. The van der Waals surface area contributed by atoms with Gasteiger partial charge in [0.05, 0.1) is 16.8 Å². The highest BCUT2D eigenvalue weighted by molar-refractivity contribution is 7.89. The number of rotatable bonds is 4. The molecule has 22 heavy (non-hydrogen) atoms. The van der Waals surface area contributed by atoms with E-state index in [1.807, 2.05) is 25.1 Å². The minimum Gasteiger partial charge on any atom is -0.337 e. The highest BCUT2D eigenvalue weighted by Gasteiger charge is 2.18. The third-order valence-electron chi connectivity index (χ3n) is 3.36. The number of hydrogen-bond acceptors (Lipinski definition) is 5. The van der Waals surface area contributed by atoms with Crippen LogP contribution in [0.2, 0.25) is 0 Å². The molecule has 0 saturated carbocycles. The number of hydrogen-bond donors (Lipinski definition) is 1. The van der Waals surface area contributed by atoms with Crippen molar-refractivity contribution >= 4 is 31.6 Å². The average Bonchev–Trinajstić information content (AvgIpc) is 3.00. The van der Waals surface area contributed by atoms with Crippen molar-refractivity contribution in [2.75, 3.05) is 0 Å². The van der Waals surface area contributed by atoms with E-state index in [0.29, 0.717) is 5.82 Å². The molecule has 8 heteroatoms. The third-order valence-corrected chi connectivity index (χ3v) is 5.67. The molecule has 0 unspecified atom stereocenters. The lowest BCUT2D eigenvalue weighted by Crippen LogP contribution is -2.23. The van der Waals surface area contributed by atoms with Crippen LogP contribution in [0.4, 0.5) is 0 Å². The number of fused-ring (bicyclic) bond motifs is 1. The Bertz CT molecular complexity index is 922. The predicted molar refractivity (Wildman–Crippen MR) is 86.3 cm³/mol. The maximum Gasteiger partial charge on any atom is 0.259 e. The molecule has 3 rings (SSSR count). The van der Waals surface area contributed by atoms with Crippen LogP contribution in [0.3, 0.4) is 0 Å². The molecule has 0 fully saturated rings. The van der Waals surface area contributed by atoms with Gasteiger partial charge in [-0.3, -0.25) is 0 Å². The first-order valence-corrected chi connectivity index (χ1v) is 9.01. The largest absolute Gasteiger partial charge is 0.337 e. The summed E-state index contributed by atoms with van der Waals surface area (Å²) in [6.07, 6.45) is 1.50. The molecule has 0 saturated heterocycles. The molecular formula is C14H16N4O2S2. The van der Waals surface area contributed by atoms with E-state index < -0.39 is 10.0 Å². The van der Waals surface area contributed by atoms with Crippen molar-refractivity contribution in [3.05, 3.63) is 40.8 Å². The molecule has 0 amide bonds. The summed E-state index contributed by atoms with van der Waals surface area (Å²) in [6.45, 7) is 3.93. The SMILES string of the molecule is Cc1ccc2sc(CNS(=O)(=O)c3cn(C)c(C)n3)nc2c1. The molecule has 3 aromatic rings. The quantitative estimate of drug-likeness (QED) is 0.792. The molecule has 0 aliphatic carbocycles. The van der Waals surface area contributed by atoms with Crippen LogP contribution in [-0.2, 0) is 23.6 Å². The van der Waals surface area contributed by atoms with Gasteiger partial charge < -0.3 is 4.57 Å². The smallest absolute Gasteiger partial charge is 0.259 e. The summed E-state index contributed by atoms with van der Waals surface area (Å²) in [6, 6.07) is 6.01. The lowest BCUT2D eigenvalue weighted by Gasteiger charge is -2.01. The molecule has 0 bridgehead atoms. The fourth-order valence-electron chi connectivity index (χ4n) is 2.05. The monoisotopic (exact) mass is 336 g/mol. The van der Waals surface area contributed by atoms with E-state index >= 15 is 0 Å². The van der Waals surface area contributed by atoms with Crippen molar-refractivity contribution in [2.24, 2.45) is 7.05 Å². The first kappa shape index (κ1) is 15.1. The van der Waals surface area contributed by atoms with Crippen molar-refractivity contribution in [1.29, 1.82) is 0 Å². The average molecular weight is 336 g/mol. The van der Waals surface area contributed by atoms with Crippen LogP contribution in [0.25, 0.3) is 10.2 Å². The molecular weight excluding hydrogens is 320 g/mol. The zero-order valence-corrected chi connectivity index (χ0v) is 14.1. The second-order valence-electron chi connectivity index (χ2n) is 5.14. The van der Waals surface area contributed by atoms with Crippen LogP contribution >= 0.6 is 11.3 Å². The summed E-state index contributed by atoms with van der Waals surface area (Å²) in [5.74, 6) is 0.649. The summed E-state index contributed by atoms with van der Waals surface area (Å²) < 4.78 is 29.7. The van der Waals surface area contributed by atoms with Crippen molar-refractivity contribution in [3.8, 4) is 0 Å². The van der Waals surface area contributed by atoms with E-state index in [1.54, 1.807) is 18.5 Å². The Balaban J connectivity index is 1.80. The van der Waals surface area contributed by atoms with Crippen molar-refractivity contribution < 1.29 is 8.42 Å². The topological polar surface area (TPSA) is 76.9 Å². The second kappa shape index (κ2) is 5.45. The number of thiazole rings is 1. The minimum atomic E-state index is -3.62. The summed E-state index contributed by atoms with van der Waals surface area (Å²) in [5.41, 5.74) is 2.03. The molecule has 1 aromatic carbocycles. The van der Waals surface area contributed by atoms with Gasteiger partial charge in [-0.05, 0) is 31.5 Å². The van der Waals surface area contributed by atoms with Gasteiger partial charge >= 0.3 is 0 Å². The molecule has 0 aliphatic heterocycles. The summed E-state index contributed by atoms with van der Waals surface area (Å²) in [7, 11) is -1.86. The predicted octanol–water partition coefficient (Wildman–Crippen LogP) is 2.13. The number of nitrogens with one attached hydrogen (secondary N) is 1. The Morgan fingerprint density at radius 1 is 1.27 bits per heavy atom. The van der Waals surface area contributed by atoms with Gasteiger partial charge in [0.2, 0.25) is 0 Å². The van der Waals surface area contributed by atoms with Crippen molar-refractivity contribution in [2.45, 2.75) is 25.4 Å². The first-order valence-electron chi connectivity index (χ1n) is 6.71. The Morgan fingerprint density at radius 3 is 2.73 bits per heavy atom. The van der Waals surface area contributed by atoms with Crippen LogP contribution in [-0.4, -0.2) is 23.0 Å². The number of imidazole rings is 1. The fraction of sp³-hybridized carbons (Fsp3) is 0.286. The van der Waals surface area contributed by atoms with Gasteiger partial charge in [0, 0.05) is 13.2 Å². The Morgan fingerprint density at radius 2 is 2.05 bits per heavy atom. The van der Waals surface area contributed by atoms with Gasteiger partial charge in [-0.25, -0.2) is 23.1 Å². The number of benzene rings is 1. The zero-order chi connectivity index (χ0) is 15.9. The van der Waals surface area contributed by atoms with Gasteiger partial charge in [-0.15, -0.1) is 11.3 Å². The number of aromatic nitrogens is 3. The summed E-state index contributed by atoms with van der Waals surface area (Å²) >= 11 is 1.49. The summed E-state index contributed by atoms with van der Waals surface area (Å²) in [4.78, 5) is 8.50. The lowest BCUT2D eigenvalue weighted by molar-refractivity contribution is 0.577. The molecule has 0 spiro atoms. The maximum absolute atomic E-state index is 12.2. The van der Waals surface area contributed by atoms with E-state index in [4.69, 9.17) is 0 Å². The number of aryl methyl sites for hydroxylation is 3. The molecule has 0 atom stereocenters.